The standard InChI is InChI=1S/C17H26N2O2/c1-11-8-14(20)9-12(2)15(11)10-16(18)17(21)19-13-6-4-3-5-7-13/h8-9,13,16,20H,3-7,10,18H2,1-2H3,(H,19,21)/t16-/m0/s1. The molecule has 1 saturated carbocycles. The molecule has 1 aliphatic carbocycles. The number of carbonyl (C=O) groups excluding carboxylic acids is 1. The number of phenols is 1. The van der Waals surface area contributed by atoms with Crippen LogP contribution in [0.25, 0.3) is 0 Å². The van der Waals surface area contributed by atoms with Gasteiger partial charge in [-0.1, -0.05) is 19.3 Å². The molecule has 0 unspecified atom stereocenters. The minimum atomic E-state index is -0.533. The van der Waals surface area contributed by atoms with Crippen molar-refractivity contribution < 1.29 is 9.90 Å². The van der Waals surface area contributed by atoms with Gasteiger partial charge in [-0.3, -0.25) is 4.79 Å². The summed E-state index contributed by atoms with van der Waals surface area (Å²) in [6.07, 6.45) is 6.29. The molecule has 0 aromatic heterocycles. The molecule has 2 rings (SSSR count). The van der Waals surface area contributed by atoms with E-state index in [1.54, 1.807) is 12.1 Å². The van der Waals surface area contributed by atoms with Crippen LogP contribution < -0.4 is 11.1 Å². The number of benzene rings is 1. The Bertz CT molecular complexity index is 485. The third kappa shape index (κ3) is 4.21. The van der Waals surface area contributed by atoms with Crippen molar-refractivity contribution in [3.8, 4) is 5.75 Å². The zero-order valence-electron chi connectivity index (χ0n) is 13.0. The minimum absolute atomic E-state index is 0.0613. The van der Waals surface area contributed by atoms with Crippen LogP contribution >= 0.6 is 0 Å². The van der Waals surface area contributed by atoms with Crippen molar-refractivity contribution in [3.05, 3.63) is 28.8 Å². The largest absolute Gasteiger partial charge is 0.508 e. The van der Waals surface area contributed by atoms with Crippen LogP contribution in [0.5, 0.6) is 5.75 Å². The number of rotatable bonds is 4. The van der Waals surface area contributed by atoms with E-state index in [0.717, 1.165) is 29.5 Å². The summed E-state index contributed by atoms with van der Waals surface area (Å²) in [6, 6.07) is 3.19. The molecule has 0 bridgehead atoms. The summed E-state index contributed by atoms with van der Waals surface area (Å²) in [5, 5.41) is 12.6. The number of phenolic OH excluding ortho intramolecular Hbond substituents is 1. The zero-order valence-corrected chi connectivity index (χ0v) is 13.0. The molecule has 0 heterocycles. The Morgan fingerprint density at radius 1 is 1.29 bits per heavy atom. The van der Waals surface area contributed by atoms with Gasteiger partial charge in [0.2, 0.25) is 5.91 Å². The van der Waals surface area contributed by atoms with Crippen LogP contribution in [0.15, 0.2) is 12.1 Å². The normalized spacial score (nSPS) is 17.5. The number of carbonyl (C=O) groups is 1. The Hall–Kier alpha value is -1.55. The number of hydrogen-bond acceptors (Lipinski definition) is 3. The Labute approximate surface area is 126 Å². The van der Waals surface area contributed by atoms with E-state index < -0.39 is 6.04 Å². The summed E-state index contributed by atoms with van der Waals surface area (Å²) < 4.78 is 0. The summed E-state index contributed by atoms with van der Waals surface area (Å²) in [5.41, 5.74) is 9.08. The molecule has 1 aliphatic rings. The first-order chi connectivity index (χ1) is 9.97. The van der Waals surface area contributed by atoms with Gasteiger partial charge >= 0.3 is 0 Å². The van der Waals surface area contributed by atoms with Crippen LogP contribution in [0.3, 0.4) is 0 Å². The maximum atomic E-state index is 12.2. The number of amides is 1. The van der Waals surface area contributed by atoms with E-state index in [2.05, 4.69) is 5.32 Å². The Kier molecular flexibility index (Phi) is 5.23. The molecular formula is C17H26N2O2. The van der Waals surface area contributed by atoms with Gasteiger partial charge < -0.3 is 16.2 Å². The molecule has 1 atom stereocenters. The molecule has 1 aromatic rings. The number of nitrogens with one attached hydrogen (secondary N) is 1. The summed E-state index contributed by atoms with van der Waals surface area (Å²) in [4.78, 5) is 12.2. The zero-order chi connectivity index (χ0) is 15.4. The summed E-state index contributed by atoms with van der Waals surface area (Å²) >= 11 is 0. The molecule has 4 heteroatoms. The van der Waals surface area contributed by atoms with Gasteiger partial charge in [0.15, 0.2) is 0 Å². The van der Waals surface area contributed by atoms with Gasteiger partial charge in [-0.05, 0) is 61.9 Å². The monoisotopic (exact) mass is 290 g/mol. The topological polar surface area (TPSA) is 75.3 Å². The van der Waals surface area contributed by atoms with E-state index in [1.165, 1.54) is 19.3 Å². The van der Waals surface area contributed by atoms with Gasteiger partial charge in [-0.15, -0.1) is 0 Å². The second-order valence-corrected chi connectivity index (χ2v) is 6.21. The van der Waals surface area contributed by atoms with E-state index in [1.807, 2.05) is 13.8 Å². The first kappa shape index (κ1) is 15.8. The van der Waals surface area contributed by atoms with Crippen LogP contribution in [0.2, 0.25) is 0 Å². The van der Waals surface area contributed by atoms with Crippen LogP contribution in [-0.2, 0) is 11.2 Å². The number of hydrogen-bond donors (Lipinski definition) is 3. The molecule has 116 valence electrons. The molecule has 4 nitrogen and oxygen atoms in total. The number of nitrogens with two attached hydrogens (primary N) is 1. The van der Waals surface area contributed by atoms with Gasteiger partial charge in [0.25, 0.3) is 0 Å². The van der Waals surface area contributed by atoms with Gasteiger partial charge in [0, 0.05) is 6.04 Å². The summed E-state index contributed by atoms with van der Waals surface area (Å²) in [6.45, 7) is 3.88. The molecule has 0 radical (unpaired) electrons. The van der Waals surface area contributed by atoms with Crippen molar-refractivity contribution >= 4 is 5.91 Å². The van der Waals surface area contributed by atoms with Crippen molar-refractivity contribution in [3.63, 3.8) is 0 Å². The third-order valence-electron chi connectivity index (χ3n) is 4.39. The molecule has 0 saturated heterocycles. The second-order valence-electron chi connectivity index (χ2n) is 6.21. The van der Waals surface area contributed by atoms with Gasteiger partial charge in [-0.2, -0.15) is 0 Å². The van der Waals surface area contributed by atoms with Crippen LogP contribution in [0.4, 0.5) is 0 Å². The number of aryl methyl sites for hydroxylation is 2. The van der Waals surface area contributed by atoms with Crippen molar-refractivity contribution in [1.82, 2.24) is 5.32 Å². The molecule has 0 aliphatic heterocycles. The summed E-state index contributed by atoms with van der Waals surface area (Å²) in [7, 11) is 0. The van der Waals surface area contributed by atoms with Crippen LogP contribution in [0, 0.1) is 13.8 Å². The van der Waals surface area contributed by atoms with Crippen molar-refractivity contribution in [2.24, 2.45) is 5.73 Å². The highest BCUT2D eigenvalue weighted by Gasteiger charge is 2.21. The molecule has 4 N–H and O–H groups in total. The van der Waals surface area contributed by atoms with Crippen molar-refractivity contribution in [1.29, 1.82) is 0 Å². The van der Waals surface area contributed by atoms with Gasteiger partial charge in [0.1, 0.15) is 5.75 Å². The molecule has 21 heavy (non-hydrogen) atoms. The predicted molar refractivity (Wildman–Crippen MR) is 84.3 cm³/mol. The van der Waals surface area contributed by atoms with Crippen molar-refractivity contribution in [2.45, 2.75) is 64.5 Å². The number of aromatic hydroxyl groups is 1. The lowest BCUT2D eigenvalue weighted by Gasteiger charge is -2.24. The lowest BCUT2D eigenvalue weighted by molar-refractivity contribution is -0.123. The van der Waals surface area contributed by atoms with E-state index in [9.17, 15) is 9.90 Å². The van der Waals surface area contributed by atoms with Crippen LogP contribution in [0.1, 0.15) is 48.8 Å². The molecular weight excluding hydrogens is 264 g/mol. The quantitative estimate of drug-likeness (QED) is 0.796. The Balaban J connectivity index is 1.97. The predicted octanol–water partition coefficient (Wildman–Crippen LogP) is 2.33. The van der Waals surface area contributed by atoms with E-state index in [4.69, 9.17) is 5.73 Å². The molecule has 0 spiro atoms. The first-order valence-electron chi connectivity index (χ1n) is 7.82. The highest BCUT2D eigenvalue weighted by molar-refractivity contribution is 5.82. The third-order valence-corrected chi connectivity index (χ3v) is 4.39. The maximum Gasteiger partial charge on any atom is 0.237 e. The fourth-order valence-electron chi connectivity index (χ4n) is 3.16. The Morgan fingerprint density at radius 2 is 1.86 bits per heavy atom. The Morgan fingerprint density at radius 3 is 2.43 bits per heavy atom. The SMILES string of the molecule is Cc1cc(O)cc(C)c1C[C@H](N)C(=O)NC1CCCCC1. The maximum absolute atomic E-state index is 12.2. The second kappa shape index (κ2) is 6.94. The van der Waals surface area contributed by atoms with Crippen LogP contribution in [-0.4, -0.2) is 23.1 Å². The lowest BCUT2D eigenvalue weighted by atomic mass is 9.94. The fourth-order valence-corrected chi connectivity index (χ4v) is 3.16. The van der Waals surface area contributed by atoms with E-state index in [-0.39, 0.29) is 11.7 Å². The van der Waals surface area contributed by atoms with E-state index >= 15 is 0 Å². The minimum Gasteiger partial charge on any atom is -0.508 e. The molecule has 1 fully saturated rings. The molecule has 1 amide bonds. The van der Waals surface area contributed by atoms with E-state index in [0.29, 0.717) is 12.5 Å². The average Bonchev–Trinajstić information content (AvgIpc) is 2.43. The highest BCUT2D eigenvalue weighted by atomic mass is 16.3. The molecule has 1 aromatic carbocycles. The lowest BCUT2D eigenvalue weighted by Crippen LogP contribution is -2.47. The fraction of sp³-hybridized carbons (Fsp3) is 0.588. The van der Waals surface area contributed by atoms with Crippen molar-refractivity contribution in [2.75, 3.05) is 0 Å². The first-order valence-corrected chi connectivity index (χ1v) is 7.82. The smallest absolute Gasteiger partial charge is 0.237 e. The summed E-state index contributed by atoms with van der Waals surface area (Å²) in [5.74, 6) is 0.197. The van der Waals surface area contributed by atoms with Gasteiger partial charge in [-0.25, -0.2) is 0 Å². The van der Waals surface area contributed by atoms with Gasteiger partial charge in [0.05, 0.1) is 6.04 Å². The average molecular weight is 290 g/mol. The highest BCUT2D eigenvalue weighted by Crippen LogP contribution is 2.22.